The monoisotopic (exact) mass is 566 g/mol. The predicted octanol–water partition coefficient (Wildman–Crippen LogP) is 7.36. The van der Waals surface area contributed by atoms with Crippen LogP contribution in [0, 0.1) is 5.82 Å². The van der Waals surface area contributed by atoms with Crippen LogP contribution in [-0.2, 0) is 16.5 Å². The lowest BCUT2D eigenvalue weighted by atomic mass is 9.84. The zero-order valence-electron chi connectivity index (χ0n) is 26.4. The van der Waals surface area contributed by atoms with Crippen LogP contribution in [0.4, 0.5) is 10.1 Å². The molecule has 2 aliphatic heterocycles. The third-order valence-corrected chi connectivity index (χ3v) is 8.73. The number of ketones is 1. The van der Waals surface area contributed by atoms with Crippen molar-refractivity contribution in [1.29, 1.82) is 0 Å². The number of halogens is 1. The van der Waals surface area contributed by atoms with E-state index in [1.807, 2.05) is 57.7 Å². The van der Waals surface area contributed by atoms with Gasteiger partial charge >= 0.3 is 0 Å². The number of fused-ring (bicyclic) bond motifs is 1. The number of methoxy groups -OCH3 is 1. The Morgan fingerprint density at radius 1 is 1.05 bits per heavy atom. The van der Waals surface area contributed by atoms with Gasteiger partial charge in [-0.2, -0.15) is 0 Å². The molecule has 0 amide bonds. The second-order valence-corrected chi connectivity index (χ2v) is 12.7. The van der Waals surface area contributed by atoms with Gasteiger partial charge in [0.2, 0.25) is 0 Å². The summed E-state index contributed by atoms with van der Waals surface area (Å²) in [5.41, 5.74) is 1.95. The highest BCUT2D eigenvalue weighted by molar-refractivity contribution is 5.99. The molecule has 0 aromatic heterocycles. The summed E-state index contributed by atoms with van der Waals surface area (Å²) >= 11 is 0. The van der Waals surface area contributed by atoms with Gasteiger partial charge in [-0.15, -0.1) is 6.58 Å². The molecule has 6 nitrogen and oxygen atoms in total. The third kappa shape index (κ3) is 5.22. The standard InChI is InChI=1S/C34H47FN2O4/c1-11-34(9)28-23(20-27(40-12-2)31(29(28)35)41-13-3)33(7,8)37(34)21-26(38)22-18-24(32(4,5)6)30(39-10)25(19-22)36-16-14-15-17-36/h11,18-20H,1,12-17,21H2,2-10H3. The molecule has 1 fully saturated rings. The van der Waals surface area contributed by atoms with Gasteiger partial charge < -0.3 is 19.1 Å². The lowest BCUT2D eigenvalue weighted by Crippen LogP contribution is -2.48. The van der Waals surface area contributed by atoms with Crippen LogP contribution in [0.3, 0.4) is 0 Å². The van der Waals surface area contributed by atoms with Crippen molar-refractivity contribution >= 4 is 11.5 Å². The van der Waals surface area contributed by atoms with E-state index in [-0.39, 0.29) is 23.5 Å². The van der Waals surface area contributed by atoms with E-state index in [4.69, 9.17) is 14.2 Å². The van der Waals surface area contributed by atoms with E-state index in [1.54, 1.807) is 13.2 Å². The van der Waals surface area contributed by atoms with Crippen LogP contribution >= 0.6 is 0 Å². The van der Waals surface area contributed by atoms with Crippen LogP contribution in [0.5, 0.6) is 17.2 Å². The lowest BCUT2D eigenvalue weighted by Gasteiger charge is -2.41. The zero-order chi connectivity index (χ0) is 30.3. The summed E-state index contributed by atoms with van der Waals surface area (Å²) < 4.78 is 33.8. The highest BCUT2D eigenvalue weighted by atomic mass is 19.1. The molecule has 1 saturated heterocycles. The van der Waals surface area contributed by atoms with Gasteiger partial charge in [0.15, 0.2) is 23.1 Å². The fourth-order valence-corrected chi connectivity index (χ4v) is 6.54. The minimum Gasteiger partial charge on any atom is -0.494 e. The summed E-state index contributed by atoms with van der Waals surface area (Å²) in [4.78, 5) is 18.6. The molecule has 2 aromatic rings. The predicted molar refractivity (Wildman–Crippen MR) is 163 cm³/mol. The number of benzene rings is 2. The molecule has 0 radical (unpaired) electrons. The van der Waals surface area contributed by atoms with Crippen LogP contribution < -0.4 is 19.1 Å². The number of carbonyl (C=O) groups excluding carboxylic acids is 1. The van der Waals surface area contributed by atoms with Crippen molar-refractivity contribution in [3.63, 3.8) is 0 Å². The molecule has 1 unspecified atom stereocenters. The van der Waals surface area contributed by atoms with E-state index in [9.17, 15) is 4.79 Å². The fourth-order valence-electron chi connectivity index (χ4n) is 6.54. The Labute approximate surface area is 245 Å². The van der Waals surface area contributed by atoms with Crippen molar-refractivity contribution in [3.8, 4) is 17.2 Å². The molecular formula is C34H47FN2O4. The van der Waals surface area contributed by atoms with E-state index in [0.717, 1.165) is 48.5 Å². The summed E-state index contributed by atoms with van der Waals surface area (Å²) in [7, 11) is 1.70. The normalized spacial score (nSPS) is 20.2. The van der Waals surface area contributed by atoms with E-state index in [1.165, 1.54) is 0 Å². The van der Waals surface area contributed by atoms with Crippen molar-refractivity contribution in [2.45, 2.75) is 84.7 Å². The van der Waals surface area contributed by atoms with Crippen LogP contribution in [0.15, 0.2) is 30.9 Å². The average Bonchev–Trinajstić information content (AvgIpc) is 3.51. The number of ether oxygens (including phenoxy) is 3. The highest BCUT2D eigenvalue weighted by Gasteiger charge is 2.53. The zero-order valence-corrected chi connectivity index (χ0v) is 26.4. The number of carbonyl (C=O) groups is 1. The fraction of sp³-hybridized carbons (Fsp3) is 0.559. The minimum absolute atomic E-state index is 0.0389. The number of rotatable bonds is 10. The molecule has 2 aliphatic rings. The maximum atomic E-state index is 16.3. The quantitative estimate of drug-likeness (QED) is 0.221. The van der Waals surface area contributed by atoms with Gasteiger partial charge in [0.1, 0.15) is 5.75 Å². The Kier molecular flexibility index (Phi) is 8.52. The van der Waals surface area contributed by atoms with E-state index >= 15 is 4.39 Å². The molecule has 0 spiro atoms. The first-order chi connectivity index (χ1) is 19.3. The van der Waals surface area contributed by atoms with Gasteiger partial charge in [0.05, 0.1) is 38.1 Å². The second kappa shape index (κ2) is 11.3. The Morgan fingerprint density at radius 2 is 1.68 bits per heavy atom. The summed E-state index contributed by atoms with van der Waals surface area (Å²) in [5.74, 6) is 0.802. The van der Waals surface area contributed by atoms with Crippen LogP contribution in [-0.4, -0.2) is 50.6 Å². The molecule has 0 aliphatic carbocycles. The smallest absolute Gasteiger partial charge is 0.197 e. The SMILES string of the molecule is C=CC1(C)c2c(cc(OCC)c(OCC)c2F)C(C)(C)N1CC(=O)c1cc(N2CCCC2)c(OC)c(C(C)(C)C)c1. The summed E-state index contributed by atoms with van der Waals surface area (Å²) in [5, 5.41) is 0. The highest BCUT2D eigenvalue weighted by Crippen LogP contribution is 2.54. The molecule has 4 rings (SSSR count). The van der Waals surface area contributed by atoms with E-state index in [0.29, 0.717) is 30.1 Å². The Balaban J connectivity index is 1.83. The van der Waals surface area contributed by atoms with Crippen molar-refractivity contribution in [2.75, 3.05) is 44.9 Å². The number of Topliss-reactive ketones (excluding diaryl/α,β-unsaturated/α-hetero) is 1. The maximum Gasteiger partial charge on any atom is 0.197 e. The van der Waals surface area contributed by atoms with Crippen molar-refractivity contribution < 1.29 is 23.4 Å². The van der Waals surface area contributed by atoms with Crippen molar-refractivity contribution in [3.05, 3.63) is 58.9 Å². The van der Waals surface area contributed by atoms with Crippen LogP contribution in [0.25, 0.3) is 0 Å². The van der Waals surface area contributed by atoms with Crippen LogP contribution in [0.2, 0.25) is 0 Å². The topological polar surface area (TPSA) is 51.2 Å². The number of hydrogen-bond donors (Lipinski definition) is 0. The van der Waals surface area contributed by atoms with Gasteiger partial charge in [-0.05, 0) is 76.6 Å². The van der Waals surface area contributed by atoms with Gasteiger partial charge in [0.25, 0.3) is 0 Å². The number of nitrogens with zero attached hydrogens (tertiary/aromatic N) is 2. The van der Waals surface area contributed by atoms with Gasteiger partial charge in [-0.1, -0.05) is 26.8 Å². The molecule has 0 saturated carbocycles. The van der Waals surface area contributed by atoms with Crippen molar-refractivity contribution in [2.24, 2.45) is 0 Å². The first-order valence-electron chi connectivity index (χ1n) is 14.8. The maximum absolute atomic E-state index is 16.3. The Hall–Kier alpha value is -3.06. The molecule has 41 heavy (non-hydrogen) atoms. The van der Waals surface area contributed by atoms with Gasteiger partial charge in [0, 0.05) is 35.3 Å². The summed E-state index contributed by atoms with van der Waals surface area (Å²) in [6.45, 7) is 22.8. The minimum atomic E-state index is -0.952. The van der Waals surface area contributed by atoms with Crippen molar-refractivity contribution in [1.82, 2.24) is 4.90 Å². The van der Waals surface area contributed by atoms with E-state index < -0.39 is 16.9 Å². The molecule has 224 valence electrons. The number of anilines is 1. The second-order valence-electron chi connectivity index (χ2n) is 12.7. The molecule has 2 aromatic carbocycles. The Bertz CT molecular complexity index is 1320. The number of hydrogen-bond acceptors (Lipinski definition) is 6. The largest absolute Gasteiger partial charge is 0.494 e. The average molecular weight is 567 g/mol. The molecule has 0 bridgehead atoms. The summed E-state index contributed by atoms with van der Waals surface area (Å²) in [6, 6.07) is 5.82. The molecule has 0 N–H and O–H groups in total. The van der Waals surface area contributed by atoms with Gasteiger partial charge in [-0.3, -0.25) is 9.69 Å². The lowest BCUT2D eigenvalue weighted by molar-refractivity contribution is 0.0493. The molecular weight excluding hydrogens is 519 g/mol. The molecule has 1 atom stereocenters. The summed E-state index contributed by atoms with van der Waals surface area (Å²) in [6.07, 6.45) is 3.96. The van der Waals surface area contributed by atoms with E-state index in [2.05, 4.69) is 32.3 Å². The first kappa shape index (κ1) is 30.9. The molecule has 2 heterocycles. The first-order valence-corrected chi connectivity index (χ1v) is 14.8. The third-order valence-electron chi connectivity index (χ3n) is 8.73. The van der Waals surface area contributed by atoms with Gasteiger partial charge in [-0.25, -0.2) is 4.39 Å². The Morgan fingerprint density at radius 3 is 2.22 bits per heavy atom. The molecule has 7 heteroatoms. The van der Waals surface area contributed by atoms with Crippen LogP contribution in [0.1, 0.15) is 95.3 Å².